The molecule has 0 saturated heterocycles. The lowest BCUT2D eigenvalue weighted by Crippen LogP contribution is -2.42. The molecule has 1 aliphatic carbocycles. The summed E-state index contributed by atoms with van der Waals surface area (Å²) in [6.45, 7) is 11.8. The molecule has 0 radical (unpaired) electrons. The van der Waals surface area contributed by atoms with Crippen molar-refractivity contribution in [2.75, 3.05) is 13.1 Å². The fourth-order valence-corrected chi connectivity index (χ4v) is 2.40. The maximum Gasteiger partial charge on any atom is 0.00818 e. The van der Waals surface area contributed by atoms with Crippen molar-refractivity contribution in [2.24, 2.45) is 0 Å². The first-order valence-corrected chi connectivity index (χ1v) is 7.68. The summed E-state index contributed by atoms with van der Waals surface area (Å²) in [4.78, 5) is 2.71. The minimum absolute atomic E-state index is 0.725. The number of nitrogens with zero attached hydrogens (tertiary/aromatic N) is 1. The molecule has 1 saturated carbocycles. The van der Waals surface area contributed by atoms with Gasteiger partial charge in [-0.25, -0.2) is 0 Å². The number of hydrogen-bond acceptors (Lipinski definition) is 2. The van der Waals surface area contributed by atoms with E-state index in [1.165, 1.54) is 51.6 Å². The molecule has 0 amide bonds. The Hall–Kier alpha value is -0.0800. The highest BCUT2D eigenvalue weighted by molar-refractivity contribution is 4.82. The van der Waals surface area contributed by atoms with E-state index in [9.17, 15) is 0 Å². The van der Waals surface area contributed by atoms with Crippen LogP contribution in [0.5, 0.6) is 0 Å². The fraction of sp³-hybridized carbons (Fsp3) is 1.00. The SMILES string of the molecule is CCCCN(C(C)CC)C(C)CCNC1CC1. The summed E-state index contributed by atoms with van der Waals surface area (Å²) in [5.41, 5.74) is 0. The normalized spacial score (nSPS) is 19.6. The Morgan fingerprint density at radius 1 is 1.18 bits per heavy atom. The van der Waals surface area contributed by atoms with Crippen LogP contribution in [0.2, 0.25) is 0 Å². The van der Waals surface area contributed by atoms with Crippen LogP contribution in [0.15, 0.2) is 0 Å². The zero-order valence-corrected chi connectivity index (χ0v) is 12.3. The molecule has 0 spiro atoms. The van der Waals surface area contributed by atoms with E-state index in [2.05, 4.69) is 37.9 Å². The molecule has 1 rings (SSSR count). The van der Waals surface area contributed by atoms with Gasteiger partial charge in [0.25, 0.3) is 0 Å². The molecule has 0 aromatic heterocycles. The summed E-state index contributed by atoms with van der Waals surface area (Å²) in [6.07, 6.45) is 8.01. The van der Waals surface area contributed by atoms with Gasteiger partial charge in [-0.05, 0) is 59.0 Å². The van der Waals surface area contributed by atoms with E-state index in [-0.39, 0.29) is 0 Å². The van der Waals surface area contributed by atoms with E-state index >= 15 is 0 Å². The summed E-state index contributed by atoms with van der Waals surface area (Å²) in [7, 11) is 0. The highest BCUT2D eigenvalue weighted by atomic mass is 15.2. The van der Waals surface area contributed by atoms with Gasteiger partial charge in [0.15, 0.2) is 0 Å². The largest absolute Gasteiger partial charge is 0.314 e. The van der Waals surface area contributed by atoms with Gasteiger partial charge in [0.05, 0.1) is 0 Å². The molecule has 2 unspecified atom stereocenters. The molecular formula is C15H32N2. The average molecular weight is 240 g/mol. The summed E-state index contributed by atoms with van der Waals surface area (Å²) in [5, 5.41) is 3.63. The summed E-state index contributed by atoms with van der Waals surface area (Å²) >= 11 is 0. The monoisotopic (exact) mass is 240 g/mol. The van der Waals surface area contributed by atoms with Crippen LogP contribution in [0.25, 0.3) is 0 Å². The van der Waals surface area contributed by atoms with Crippen molar-refractivity contribution in [3.05, 3.63) is 0 Å². The molecule has 2 nitrogen and oxygen atoms in total. The zero-order valence-electron chi connectivity index (χ0n) is 12.3. The molecular weight excluding hydrogens is 208 g/mol. The van der Waals surface area contributed by atoms with E-state index in [0.717, 1.165) is 18.1 Å². The summed E-state index contributed by atoms with van der Waals surface area (Å²) in [6, 6.07) is 2.31. The second-order valence-corrected chi connectivity index (χ2v) is 5.71. The van der Waals surface area contributed by atoms with Crippen LogP contribution in [0.3, 0.4) is 0 Å². The Labute approximate surface area is 108 Å². The first-order chi connectivity index (χ1) is 8.19. The Balaban J connectivity index is 2.25. The summed E-state index contributed by atoms with van der Waals surface area (Å²) in [5.74, 6) is 0. The molecule has 0 bridgehead atoms. The molecule has 17 heavy (non-hydrogen) atoms. The molecule has 0 heterocycles. The number of unbranched alkanes of at least 4 members (excludes halogenated alkanes) is 1. The second kappa shape index (κ2) is 8.10. The Morgan fingerprint density at radius 2 is 1.88 bits per heavy atom. The minimum Gasteiger partial charge on any atom is -0.314 e. The van der Waals surface area contributed by atoms with Crippen LogP contribution >= 0.6 is 0 Å². The van der Waals surface area contributed by atoms with Gasteiger partial charge in [0.2, 0.25) is 0 Å². The molecule has 0 aliphatic heterocycles. The van der Waals surface area contributed by atoms with Gasteiger partial charge in [-0.3, -0.25) is 4.90 Å². The quantitative estimate of drug-likeness (QED) is 0.629. The third kappa shape index (κ3) is 5.87. The van der Waals surface area contributed by atoms with E-state index in [1.807, 2.05) is 0 Å². The molecule has 2 atom stereocenters. The minimum atomic E-state index is 0.725. The van der Waals surface area contributed by atoms with E-state index in [1.54, 1.807) is 0 Å². The number of nitrogens with one attached hydrogen (secondary N) is 1. The molecule has 2 heteroatoms. The highest BCUT2D eigenvalue weighted by Gasteiger charge is 2.22. The molecule has 1 aliphatic rings. The third-order valence-electron chi connectivity index (χ3n) is 4.07. The van der Waals surface area contributed by atoms with Crippen LogP contribution in [0, 0.1) is 0 Å². The van der Waals surface area contributed by atoms with Crippen molar-refractivity contribution in [3.63, 3.8) is 0 Å². The van der Waals surface area contributed by atoms with Crippen molar-refractivity contribution in [1.82, 2.24) is 10.2 Å². The van der Waals surface area contributed by atoms with Gasteiger partial charge in [-0.2, -0.15) is 0 Å². The van der Waals surface area contributed by atoms with Gasteiger partial charge in [0.1, 0.15) is 0 Å². The molecule has 0 aromatic carbocycles. The molecule has 1 fully saturated rings. The Kier molecular flexibility index (Phi) is 7.14. The van der Waals surface area contributed by atoms with E-state index in [0.29, 0.717) is 0 Å². The standard InChI is InChI=1S/C15H32N2/c1-5-7-12-17(13(3)6-2)14(4)10-11-16-15-8-9-15/h13-16H,5-12H2,1-4H3. The second-order valence-electron chi connectivity index (χ2n) is 5.71. The van der Waals surface area contributed by atoms with Gasteiger partial charge in [0, 0.05) is 18.1 Å². The maximum atomic E-state index is 3.63. The highest BCUT2D eigenvalue weighted by Crippen LogP contribution is 2.19. The molecule has 102 valence electrons. The lowest BCUT2D eigenvalue weighted by molar-refractivity contribution is 0.140. The van der Waals surface area contributed by atoms with Crippen LogP contribution in [-0.2, 0) is 0 Å². The topological polar surface area (TPSA) is 15.3 Å². The van der Waals surface area contributed by atoms with Crippen molar-refractivity contribution in [2.45, 2.75) is 84.3 Å². The predicted molar refractivity (Wildman–Crippen MR) is 76.5 cm³/mol. The maximum absolute atomic E-state index is 3.63. The Bertz CT molecular complexity index is 189. The van der Waals surface area contributed by atoms with Crippen molar-refractivity contribution >= 4 is 0 Å². The molecule has 0 aromatic rings. The van der Waals surface area contributed by atoms with Crippen LogP contribution in [0.4, 0.5) is 0 Å². The number of rotatable bonds is 10. The lowest BCUT2D eigenvalue weighted by atomic mass is 10.1. The van der Waals surface area contributed by atoms with Crippen molar-refractivity contribution < 1.29 is 0 Å². The van der Waals surface area contributed by atoms with E-state index < -0.39 is 0 Å². The van der Waals surface area contributed by atoms with Gasteiger partial charge >= 0.3 is 0 Å². The smallest absolute Gasteiger partial charge is 0.00818 e. The van der Waals surface area contributed by atoms with Gasteiger partial charge in [-0.1, -0.05) is 20.3 Å². The predicted octanol–water partition coefficient (Wildman–Crippen LogP) is 3.42. The fourth-order valence-electron chi connectivity index (χ4n) is 2.40. The van der Waals surface area contributed by atoms with Crippen molar-refractivity contribution in [1.29, 1.82) is 0 Å². The van der Waals surface area contributed by atoms with Gasteiger partial charge in [-0.15, -0.1) is 0 Å². The van der Waals surface area contributed by atoms with Crippen molar-refractivity contribution in [3.8, 4) is 0 Å². The van der Waals surface area contributed by atoms with Crippen LogP contribution in [0.1, 0.15) is 66.2 Å². The van der Waals surface area contributed by atoms with Crippen LogP contribution in [-0.4, -0.2) is 36.1 Å². The van der Waals surface area contributed by atoms with E-state index in [4.69, 9.17) is 0 Å². The Morgan fingerprint density at radius 3 is 2.41 bits per heavy atom. The number of hydrogen-bond donors (Lipinski definition) is 1. The van der Waals surface area contributed by atoms with Crippen LogP contribution < -0.4 is 5.32 Å². The summed E-state index contributed by atoms with van der Waals surface area (Å²) < 4.78 is 0. The zero-order chi connectivity index (χ0) is 12.7. The lowest BCUT2D eigenvalue weighted by Gasteiger charge is -2.34. The average Bonchev–Trinajstić information content (AvgIpc) is 3.13. The first-order valence-electron chi connectivity index (χ1n) is 7.68. The first kappa shape index (κ1) is 15.0. The molecule has 1 N–H and O–H groups in total. The van der Waals surface area contributed by atoms with Gasteiger partial charge < -0.3 is 5.32 Å². The third-order valence-corrected chi connectivity index (χ3v) is 4.07.